The Hall–Kier alpha value is -2.86. The van der Waals surface area contributed by atoms with E-state index in [2.05, 4.69) is 110 Å². The van der Waals surface area contributed by atoms with E-state index in [1.165, 1.54) is 27.8 Å². The molecular formula is C26H22. The molecule has 2 aliphatic carbocycles. The van der Waals surface area contributed by atoms with E-state index in [0.29, 0.717) is 11.8 Å². The van der Waals surface area contributed by atoms with Gasteiger partial charge in [-0.3, -0.25) is 0 Å². The number of rotatable bonds is 2. The lowest BCUT2D eigenvalue weighted by Gasteiger charge is -2.39. The molecule has 5 rings (SSSR count). The molecule has 2 aliphatic rings. The minimum absolute atomic E-state index is 0.144. The summed E-state index contributed by atoms with van der Waals surface area (Å²) in [5, 5.41) is 0. The topological polar surface area (TPSA) is 0 Å². The van der Waals surface area contributed by atoms with Crippen LogP contribution in [0.25, 0.3) is 0 Å². The van der Waals surface area contributed by atoms with Gasteiger partial charge in [0.2, 0.25) is 0 Å². The molecule has 0 heterocycles. The van der Waals surface area contributed by atoms with E-state index in [1.54, 1.807) is 0 Å². The largest absolute Gasteiger partial charge is 0.0789 e. The van der Waals surface area contributed by atoms with Crippen molar-refractivity contribution >= 4 is 0 Å². The van der Waals surface area contributed by atoms with Gasteiger partial charge in [0.15, 0.2) is 0 Å². The number of aryl methyl sites for hydroxylation is 1. The van der Waals surface area contributed by atoms with E-state index >= 15 is 0 Å². The molecule has 2 atom stereocenters. The maximum Gasteiger partial charge on any atom is 0.0528 e. The average Bonchev–Trinajstić information content (AvgIpc) is 3.02. The van der Waals surface area contributed by atoms with E-state index in [1.807, 2.05) is 0 Å². The summed E-state index contributed by atoms with van der Waals surface area (Å²) in [6, 6.07) is 29.0. The van der Waals surface area contributed by atoms with E-state index in [9.17, 15) is 0 Å². The molecule has 26 heavy (non-hydrogen) atoms. The molecule has 0 N–H and O–H groups in total. The van der Waals surface area contributed by atoms with Gasteiger partial charge >= 0.3 is 0 Å². The second-order valence-corrected chi connectivity index (χ2v) is 7.40. The van der Waals surface area contributed by atoms with Crippen LogP contribution in [0.2, 0.25) is 0 Å². The Morgan fingerprint density at radius 3 is 1.92 bits per heavy atom. The van der Waals surface area contributed by atoms with Crippen molar-refractivity contribution in [1.82, 2.24) is 0 Å². The Balaban J connectivity index is 1.94. The zero-order valence-electron chi connectivity index (χ0n) is 15.0. The Kier molecular flexibility index (Phi) is 3.46. The lowest BCUT2D eigenvalue weighted by molar-refractivity contribution is 0.455. The minimum Gasteiger partial charge on any atom is -0.0789 e. The first-order valence-corrected chi connectivity index (χ1v) is 9.39. The zero-order valence-corrected chi connectivity index (χ0v) is 15.0. The predicted molar refractivity (Wildman–Crippen MR) is 108 cm³/mol. The first kappa shape index (κ1) is 15.4. The molecule has 2 unspecified atom stereocenters. The van der Waals surface area contributed by atoms with E-state index in [4.69, 9.17) is 0 Å². The monoisotopic (exact) mass is 334 g/mol. The summed E-state index contributed by atoms with van der Waals surface area (Å²) in [4.78, 5) is 0. The normalized spacial score (nSPS) is 22.0. The number of benzene rings is 3. The highest BCUT2D eigenvalue weighted by Gasteiger charge is 2.53. The van der Waals surface area contributed by atoms with Gasteiger partial charge in [-0.05, 0) is 34.7 Å². The van der Waals surface area contributed by atoms with Crippen LogP contribution in [0.3, 0.4) is 0 Å². The van der Waals surface area contributed by atoms with Crippen LogP contribution in [0.1, 0.15) is 33.7 Å². The first-order chi connectivity index (χ1) is 12.8. The summed E-state index contributed by atoms with van der Waals surface area (Å²) in [6.07, 6.45) is 9.24. The molecule has 126 valence electrons. The summed E-state index contributed by atoms with van der Waals surface area (Å²) in [6.45, 7) is 2.27. The van der Waals surface area contributed by atoms with Gasteiger partial charge in [-0.25, -0.2) is 0 Å². The molecule has 3 aromatic rings. The molecule has 0 aromatic heterocycles. The van der Waals surface area contributed by atoms with Crippen LogP contribution >= 0.6 is 0 Å². The van der Waals surface area contributed by atoms with Gasteiger partial charge < -0.3 is 0 Å². The third-order valence-corrected chi connectivity index (χ3v) is 6.15. The van der Waals surface area contributed by atoms with Gasteiger partial charge in [-0.1, -0.05) is 103 Å². The predicted octanol–water partition coefficient (Wildman–Crippen LogP) is 6.17. The fourth-order valence-electron chi connectivity index (χ4n) is 5.23. The summed E-state index contributed by atoms with van der Waals surface area (Å²) in [5.41, 5.74) is 6.97. The van der Waals surface area contributed by atoms with E-state index in [0.717, 1.165) is 0 Å². The highest BCUT2D eigenvalue weighted by atomic mass is 14.5. The van der Waals surface area contributed by atoms with Gasteiger partial charge in [0.25, 0.3) is 0 Å². The highest BCUT2D eigenvalue weighted by molar-refractivity contribution is 5.64. The number of hydrogen-bond donors (Lipinski definition) is 0. The van der Waals surface area contributed by atoms with Crippen molar-refractivity contribution in [2.24, 2.45) is 5.92 Å². The SMILES string of the molecule is Cc1cccc2c1C(c1ccccc1)(c1ccccc1)C1C=CC=CC21. The summed E-state index contributed by atoms with van der Waals surface area (Å²) < 4.78 is 0. The van der Waals surface area contributed by atoms with Gasteiger partial charge in [-0.2, -0.15) is 0 Å². The smallest absolute Gasteiger partial charge is 0.0528 e. The zero-order chi connectivity index (χ0) is 17.6. The van der Waals surface area contributed by atoms with Crippen LogP contribution in [0, 0.1) is 12.8 Å². The molecule has 0 amide bonds. The van der Waals surface area contributed by atoms with Gasteiger partial charge in [0.05, 0.1) is 5.41 Å². The van der Waals surface area contributed by atoms with Crippen molar-refractivity contribution in [2.45, 2.75) is 18.3 Å². The summed E-state index contributed by atoms with van der Waals surface area (Å²) in [5.74, 6) is 0.823. The number of fused-ring (bicyclic) bond motifs is 3. The first-order valence-electron chi connectivity index (χ1n) is 9.39. The molecular weight excluding hydrogens is 312 g/mol. The lowest BCUT2D eigenvalue weighted by atomic mass is 9.62. The van der Waals surface area contributed by atoms with Crippen molar-refractivity contribution in [1.29, 1.82) is 0 Å². The van der Waals surface area contributed by atoms with Crippen molar-refractivity contribution < 1.29 is 0 Å². The van der Waals surface area contributed by atoms with Crippen LogP contribution in [0.4, 0.5) is 0 Å². The van der Waals surface area contributed by atoms with Gasteiger partial charge in [-0.15, -0.1) is 0 Å². The maximum atomic E-state index is 2.42. The van der Waals surface area contributed by atoms with Crippen LogP contribution in [-0.2, 0) is 5.41 Å². The molecule has 0 bridgehead atoms. The van der Waals surface area contributed by atoms with Crippen molar-refractivity contribution in [3.8, 4) is 0 Å². The molecule has 0 fully saturated rings. The maximum absolute atomic E-state index is 2.42. The summed E-state index contributed by atoms with van der Waals surface area (Å²) >= 11 is 0. The molecule has 0 saturated carbocycles. The lowest BCUT2D eigenvalue weighted by Crippen LogP contribution is -2.35. The Bertz CT molecular complexity index is 953. The second kappa shape index (κ2) is 5.85. The summed E-state index contributed by atoms with van der Waals surface area (Å²) in [7, 11) is 0. The molecule has 0 radical (unpaired) electrons. The quantitative estimate of drug-likeness (QED) is 0.526. The molecule has 0 heteroatoms. The fourth-order valence-corrected chi connectivity index (χ4v) is 5.23. The standard InChI is InChI=1S/C26H22/c1-19-11-10-17-23-22-16-8-9-18-24(22)26(25(19)23,20-12-4-2-5-13-20)21-14-6-3-7-15-21/h2-18,22,24H,1H3. The molecule has 0 saturated heterocycles. The Morgan fingerprint density at radius 2 is 1.27 bits per heavy atom. The van der Waals surface area contributed by atoms with Crippen LogP contribution in [0.5, 0.6) is 0 Å². The molecule has 0 nitrogen and oxygen atoms in total. The van der Waals surface area contributed by atoms with Crippen LogP contribution in [-0.4, -0.2) is 0 Å². The fraction of sp³-hybridized carbons (Fsp3) is 0.154. The van der Waals surface area contributed by atoms with Crippen LogP contribution in [0.15, 0.2) is 103 Å². The van der Waals surface area contributed by atoms with Gasteiger partial charge in [0.1, 0.15) is 0 Å². The van der Waals surface area contributed by atoms with Gasteiger partial charge in [0, 0.05) is 11.8 Å². The second-order valence-electron chi connectivity index (χ2n) is 7.40. The Morgan fingerprint density at radius 1 is 0.654 bits per heavy atom. The van der Waals surface area contributed by atoms with Crippen molar-refractivity contribution in [2.75, 3.05) is 0 Å². The number of allylic oxidation sites excluding steroid dienone is 4. The van der Waals surface area contributed by atoms with Crippen molar-refractivity contribution in [3.63, 3.8) is 0 Å². The molecule has 3 aromatic carbocycles. The van der Waals surface area contributed by atoms with E-state index < -0.39 is 0 Å². The van der Waals surface area contributed by atoms with E-state index in [-0.39, 0.29) is 5.41 Å². The third kappa shape index (κ3) is 1.96. The highest BCUT2D eigenvalue weighted by Crippen LogP contribution is 2.60. The average molecular weight is 334 g/mol. The van der Waals surface area contributed by atoms with Crippen LogP contribution < -0.4 is 0 Å². The molecule has 0 aliphatic heterocycles. The number of hydrogen-bond acceptors (Lipinski definition) is 0. The Labute approximate surface area is 155 Å². The molecule has 0 spiro atoms. The third-order valence-electron chi connectivity index (χ3n) is 6.15. The van der Waals surface area contributed by atoms with Crippen molar-refractivity contribution in [3.05, 3.63) is 131 Å². The minimum atomic E-state index is -0.144.